The zero-order chi connectivity index (χ0) is 16.3. The second kappa shape index (κ2) is 10.2. The van der Waals surface area contributed by atoms with E-state index in [4.69, 9.17) is 9.47 Å². The van der Waals surface area contributed by atoms with Crippen LogP contribution in [-0.2, 0) is 22.6 Å². The maximum atomic E-state index is 5.75. The SMILES string of the molecule is CCNC(=NCc1nncn1CC)NCCCOC1CCOC1. The lowest BCUT2D eigenvalue weighted by atomic mass is 10.3. The summed E-state index contributed by atoms with van der Waals surface area (Å²) in [4.78, 5) is 4.55. The van der Waals surface area contributed by atoms with Crippen molar-refractivity contribution in [2.45, 2.75) is 45.9 Å². The summed E-state index contributed by atoms with van der Waals surface area (Å²) in [7, 11) is 0. The highest BCUT2D eigenvalue weighted by Gasteiger charge is 2.15. The van der Waals surface area contributed by atoms with Crippen LogP contribution in [0.2, 0.25) is 0 Å². The summed E-state index contributed by atoms with van der Waals surface area (Å²) in [5.41, 5.74) is 0. The molecule has 0 spiro atoms. The molecule has 0 radical (unpaired) electrons. The molecule has 0 aromatic carbocycles. The quantitative estimate of drug-likeness (QED) is 0.392. The molecule has 0 amide bonds. The molecule has 0 aliphatic carbocycles. The topological polar surface area (TPSA) is 85.6 Å². The van der Waals surface area contributed by atoms with Crippen molar-refractivity contribution >= 4 is 5.96 Å². The third-order valence-corrected chi connectivity index (χ3v) is 3.61. The average Bonchev–Trinajstić information content (AvgIpc) is 3.23. The Morgan fingerprint density at radius 2 is 2.39 bits per heavy atom. The largest absolute Gasteiger partial charge is 0.379 e. The van der Waals surface area contributed by atoms with Crippen molar-refractivity contribution < 1.29 is 9.47 Å². The molecular formula is C15H28N6O2. The molecular weight excluding hydrogens is 296 g/mol. The van der Waals surface area contributed by atoms with Gasteiger partial charge in [-0.1, -0.05) is 0 Å². The predicted molar refractivity (Wildman–Crippen MR) is 88.3 cm³/mol. The van der Waals surface area contributed by atoms with Gasteiger partial charge in [-0.2, -0.15) is 0 Å². The minimum atomic E-state index is 0.275. The second-order valence-electron chi connectivity index (χ2n) is 5.37. The monoisotopic (exact) mass is 324 g/mol. The fourth-order valence-corrected chi connectivity index (χ4v) is 2.33. The summed E-state index contributed by atoms with van der Waals surface area (Å²) in [5, 5.41) is 14.6. The first-order valence-electron chi connectivity index (χ1n) is 8.41. The van der Waals surface area contributed by atoms with E-state index in [0.29, 0.717) is 6.54 Å². The molecule has 0 bridgehead atoms. The zero-order valence-electron chi connectivity index (χ0n) is 14.1. The van der Waals surface area contributed by atoms with Crippen LogP contribution in [0.15, 0.2) is 11.3 Å². The maximum Gasteiger partial charge on any atom is 0.191 e. The van der Waals surface area contributed by atoms with Gasteiger partial charge in [-0.05, 0) is 26.7 Å². The fourth-order valence-electron chi connectivity index (χ4n) is 2.33. The van der Waals surface area contributed by atoms with Gasteiger partial charge in [0.2, 0.25) is 0 Å². The van der Waals surface area contributed by atoms with Gasteiger partial charge in [0, 0.05) is 32.8 Å². The van der Waals surface area contributed by atoms with Crippen LogP contribution >= 0.6 is 0 Å². The van der Waals surface area contributed by atoms with E-state index in [0.717, 1.165) is 64.1 Å². The highest BCUT2D eigenvalue weighted by molar-refractivity contribution is 5.79. The molecule has 2 rings (SSSR count). The van der Waals surface area contributed by atoms with E-state index in [9.17, 15) is 0 Å². The Morgan fingerprint density at radius 3 is 3.13 bits per heavy atom. The third-order valence-electron chi connectivity index (χ3n) is 3.61. The van der Waals surface area contributed by atoms with Crippen molar-refractivity contribution in [3.05, 3.63) is 12.2 Å². The van der Waals surface area contributed by atoms with Gasteiger partial charge in [0.1, 0.15) is 12.9 Å². The molecule has 1 aliphatic heterocycles. The normalized spacial score (nSPS) is 18.3. The van der Waals surface area contributed by atoms with E-state index >= 15 is 0 Å². The van der Waals surface area contributed by atoms with Gasteiger partial charge in [-0.15, -0.1) is 10.2 Å². The number of aryl methyl sites for hydroxylation is 1. The van der Waals surface area contributed by atoms with Crippen LogP contribution in [0.3, 0.4) is 0 Å². The Balaban J connectivity index is 1.68. The van der Waals surface area contributed by atoms with Crippen molar-refractivity contribution in [2.75, 3.05) is 32.9 Å². The molecule has 23 heavy (non-hydrogen) atoms. The second-order valence-corrected chi connectivity index (χ2v) is 5.37. The first-order chi connectivity index (χ1) is 11.3. The molecule has 8 nitrogen and oxygen atoms in total. The highest BCUT2D eigenvalue weighted by Crippen LogP contribution is 2.07. The summed E-state index contributed by atoms with van der Waals surface area (Å²) in [6.45, 7) is 9.42. The van der Waals surface area contributed by atoms with Crippen molar-refractivity contribution in [3.8, 4) is 0 Å². The molecule has 0 saturated carbocycles. The Kier molecular flexibility index (Phi) is 7.82. The van der Waals surface area contributed by atoms with E-state index in [2.05, 4.69) is 39.7 Å². The first kappa shape index (κ1) is 17.7. The summed E-state index contributed by atoms with van der Waals surface area (Å²) in [6.07, 6.45) is 3.95. The average molecular weight is 324 g/mol. The van der Waals surface area contributed by atoms with Gasteiger partial charge in [-0.25, -0.2) is 4.99 Å². The Bertz CT molecular complexity index is 470. The summed E-state index contributed by atoms with van der Waals surface area (Å²) >= 11 is 0. The maximum absolute atomic E-state index is 5.75. The number of ether oxygens (including phenoxy) is 2. The molecule has 8 heteroatoms. The van der Waals surface area contributed by atoms with Crippen LogP contribution in [0.25, 0.3) is 0 Å². The fraction of sp³-hybridized carbons (Fsp3) is 0.800. The molecule has 1 saturated heterocycles. The van der Waals surface area contributed by atoms with Crippen molar-refractivity contribution in [3.63, 3.8) is 0 Å². The predicted octanol–water partition coefficient (Wildman–Crippen LogP) is 0.549. The molecule has 1 fully saturated rings. The van der Waals surface area contributed by atoms with Gasteiger partial charge >= 0.3 is 0 Å². The minimum absolute atomic E-state index is 0.275. The van der Waals surface area contributed by atoms with Crippen LogP contribution in [0.4, 0.5) is 0 Å². The molecule has 1 aromatic rings. The number of guanidine groups is 1. The number of nitrogens with one attached hydrogen (secondary N) is 2. The standard InChI is InChI=1S/C15H28N6O2/c1-3-16-15(18-10-14-20-19-12-21(14)4-2)17-7-5-8-23-13-6-9-22-11-13/h12-13H,3-11H2,1-2H3,(H2,16,17,18). The molecule has 1 aliphatic rings. The lowest BCUT2D eigenvalue weighted by Gasteiger charge is -2.13. The van der Waals surface area contributed by atoms with Crippen molar-refractivity contribution in [1.29, 1.82) is 0 Å². The van der Waals surface area contributed by atoms with E-state index in [1.54, 1.807) is 6.33 Å². The van der Waals surface area contributed by atoms with Crippen LogP contribution in [0, 0.1) is 0 Å². The lowest BCUT2D eigenvalue weighted by Crippen LogP contribution is -2.38. The smallest absolute Gasteiger partial charge is 0.191 e. The Hall–Kier alpha value is -1.67. The van der Waals surface area contributed by atoms with E-state index in [1.165, 1.54) is 0 Å². The number of aliphatic imine (C=N–C) groups is 1. The third kappa shape index (κ3) is 6.15. The molecule has 2 N–H and O–H groups in total. The highest BCUT2D eigenvalue weighted by atomic mass is 16.5. The van der Waals surface area contributed by atoms with Crippen LogP contribution in [0.5, 0.6) is 0 Å². The molecule has 1 unspecified atom stereocenters. The van der Waals surface area contributed by atoms with E-state index in [-0.39, 0.29) is 6.10 Å². The van der Waals surface area contributed by atoms with Gasteiger partial charge in [-0.3, -0.25) is 0 Å². The van der Waals surface area contributed by atoms with Crippen LogP contribution in [0.1, 0.15) is 32.5 Å². The number of rotatable bonds is 9. The van der Waals surface area contributed by atoms with Crippen LogP contribution < -0.4 is 10.6 Å². The summed E-state index contributed by atoms with van der Waals surface area (Å²) in [6, 6.07) is 0. The Morgan fingerprint density at radius 1 is 1.48 bits per heavy atom. The van der Waals surface area contributed by atoms with Crippen LogP contribution in [-0.4, -0.2) is 59.7 Å². The van der Waals surface area contributed by atoms with E-state index in [1.807, 2.05) is 4.57 Å². The molecule has 1 aromatic heterocycles. The number of nitrogens with zero attached hydrogens (tertiary/aromatic N) is 4. The minimum Gasteiger partial charge on any atom is -0.379 e. The molecule has 130 valence electrons. The van der Waals surface area contributed by atoms with Gasteiger partial charge in [0.05, 0.1) is 12.7 Å². The zero-order valence-corrected chi connectivity index (χ0v) is 14.1. The summed E-state index contributed by atoms with van der Waals surface area (Å²) < 4.78 is 13.0. The lowest BCUT2D eigenvalue weighted by molar-refractivity contribution is 0.0420. The molecule has 1 atom stereocenters. The van der Waals surface area contributed by atoms with Crippen molar-refractivity contribution in [2.24, 2.45) is 4.99 Å². The van der Waals surface area contributed by atoms with Gasteiger partial charge in [0.25, 0.3) is 0 Å². The first-order valence-corrected chi connectivity index (χ1v) is 8.41. The van der Waals surface area contributed by atoms with E-state index < -0.39 is 0 Å². The van der Waals surface area contributed by atoms with Gasteiger partial charge < -0.3 is 24.7 Å². The molecule has 2 heterocycles. The Labute approximate surface area is 137 Å². The number of aromatic nitrogens is 3. The number of hydrogen-bond acceptors (Lipinski definition) is 5. The number of hydrogen-bond donors (Lipinski definition) is 2. The van der Waals surface area contributed by atoms with Crippen molar-refractivity contribution in [1.82, 2.24) is 25.4 Å². The summed E-state index contributed by atoms with van der Waals surface area (Å²) in [5.74, 6) is 1.66. The van der Waals surface area contributed by atoms with Gasteiger partial charge in [0.15, 0.2) is 11.8 Å².